The van der Waals surface area contributed by atoms with E-state index in [4.69, 9.17) is 0 Å². The number of hydrogen-bond donors (Lipinski definition) is 2. The summed E-state index contributed by atoms with van der Waals surface area (Å²) in [4.78, 5) is 0. The van der Waals surface area contributed by atoms with E-state index < -0.39 is 15.7 Å². The number of amidine groups is 1. The average molecular weight is 372 g/mol. The Bertz CT molecular complexity index is 731. The van der Waals surface area contributed by atoms with Gasteiger partial charge in [-0.3, -0.25) is 0 Å². The number of fused-ring (bicyclic) bond motifs is 2. The molecule has 7 heteroatoms. The SMILES string of the molecule is CC(C)(C)NS(=O)(=O)N=C1Nc2ccc(Br)cc2C12CC2. The number of anilines is 1. The molecule has 2 aliphatic rings. The third-order valence-electron chi connectivity index (χ3n) is 3.60. The highest BCUT2D eigenvalue weighted by Gasteiger charge is 2.55. The Morgan fingerprint density at radius 3 is 2.57 bits per heavy atom. The molecule has 1 saturated carbocycles. The Morgan fingerprint density at radius 1 is 1.33 bits per heavy atom. The first-order chi connectivity index (χ1) is 9.61. The third kappa shape index (κ3) is 2.86. The van der Waals surface area contributed by atoms with Gasteiger partial charge in [-0.2, -0.15) is 13.1 Å². The predicted octanol–water partition coefficient (Wildman–Crippen LogP) is 2.94. The highest BCUT2D eigenvalue weighted by Crippen LogP contribution is 2.56. The van der Waals surface area contributed by atoms with Gasteiger partial charge < -0.3 is 5.32 Å². The minimum atomic E-state index is -3.72. The van der Waals surface area contributed by atoms with Gasteiger partial charge in [-0.15, -0.1) is 4.40 Å². The zero-order chi connectivity index (χ0) is 15.5. The maximum atomic E-state index is 12.2. The van der Waals surface area contributed by atoms with Crippen molar-refractivity contribution < 1.29 is 8.42 Å². The molecular formula is C14H18BrN3O2S. The van der Waals surface area contributed by atoms with Gasteiger partial charge in [-0.1, -0.05) is 15.9 Å². The largest absolute Gasteiger partial charge is 0.342 e. The smallest absolute Gasteiger partial charge is 0.321 e. The van der Waals surface area contributed by atoms with E-state index in [0.29, 0.717) is 5.84 Å². The van der Waals surface area contributed by atoms with Gasteiger partial charge in [0.15, 0.2) is 0 Å². The molecule has 1 heterocycles. The van der Waals surface area contributed by atoms with Crippen molar-refractivity contribution >= 4 is 37.7 Å². The quantitative estimate of drug-likeness (QED) is 0.839. The summed E-state index contributed by atoms with van der Waals surface area (Å²) in [6.07, 6.45) is 1.85. The number of halogens is 1. The van der Waals surface area contributed by atoms with Crippen LogP contribution in [0.1, 0.15) is 39.2 Å². The molecule has 1 fully saturated rings. The van der Waals surface area contributed by atoms with Crippen molar-refractivity contribution in [2.75, 3.05) is 5.32 Å². The first-order valence-electron chi connectivity index (χ1n) is 6.83. The Kier molecular flexibility index (Phi) is 3.24. The van der Waals surface area contributed by atoms with Crippen LogP contribution in [-0.2, 0) is 15.6 Å². The van der Waals surface area contributed by atoms with Gasteiger partial charge in [-0.25, -0.2) is 0 Å². The minimum absolute atomic E-state index is 0.244. The van der Waals surface area contributed by atoms with Crippen molar-refractivity contribution in [3.05, 3.63) is 28.2 Å². The fraction of sp³-hybridized carbons (Fsp3) is 0.500. The fourth-order valence-corrected chi connectivity index (χ4v) is 4.31. The van der Waals surface area contributed by atoms with Gasteiger partial charge in [0.2, 0.25) is 0 Å². The Labute approximate surface area is 133 Å². The fourth-order valence-electron chi connectivity index (χ4n) is 2.67. The van der Waals surface area contributed by atoms with Crippen LogP contribution in [-0.4, -0.2) is 19.8 Å². The first-order valence-corrected chi connectivity index (χ1v) is 9.06. The van der Waals surface area contributed by atoms with Gasteiger partial charge in [0.05, 0.1) is 5.41 Å². The summed E-state index contributed by atoms with van der Waals surface area (Å²) in [6, 6.07) is 5.93. The highest BCUT2D eigenvalue weighted by molar-refractivity contribution is 9.10. The van der Waals surface area contributed by atoms with Crippen LogP contribution in [0.4, 0.5) is 5.69 Å². The Morgan fingerprint density at radius 2 is 2.00 bits per heavy atom. The summed E-state index contributed by atoms with van der Waals surface area (Å²) in [7, 11) is -3.72. The number of benzene rings is 1. The average Bonchev–Trinajstić information content (AvgIpc) is 3.02. The molecule has 0 saturated heterocycles. The molecule has 0 amide bonds. The van der Waals surface area contributed by atoms with Gasteiger partial charge >= 0.3 is 10.2 Å². The maximum absolute atomic E-state index is 12.2. The number of rotatable bonds is 2. The number of hydrogen-bond acceptors (Lipinski definition) is 2. The van der Waals surface area contributed by atoms with Crippen LogP contribution in [0.3, 0.4) is 0 Å². The van der Waals surface area contributed by atoms with Crippen LogP contribution in [0.2, 0.25) is 0 Å². The molecule has 114 valence electrons. The van der Waals surface area contributed by atoms with Crippen molar-refractivity contribution in [1.82, 2.24) is 4.72 Å². The van der Waals surface area contributed by atoms with E-state index in [-0.39, 0.29) is 5.41 Å². The molecule has 21 heavy (non-hydrogen) atoms. The molecule has 1 aliphatic carbocycles. The molecule has 0 atom stereocenters. The van der Waals surface area contributed by atoms with Crippen molar-refractivity contribution in [2.24, 2.45) is 4.40 Å². The second kappa shape index (κ2) is 4.54. The molecule has 0 bridgehead atoms. The van der Waals surface area contributed by atoms with E-state index in [1.54, 1.807) is 20.8 Å². The first kappa shape index (κ1) is 15.0. The molecule has 5 nitrogen and oxygen atoms in total. The predicted molar refractivity (Wildman–Crippen MR) is 87.9 cm³/mol. The summed E-state index contributed by atoms with van der Waals surface area (Å²) in [5, 5.41) is 3.17. The summed E-state index contributed by atoms with van der Waals surface area (Å²) in [5.74, 6) is 0.535. The zero-order valence-electron chi connectivity index (χ0n) is 12.2. The van der Waals surface area contributed by atoms with Crippen molar-refractivity contribution in [3.8, 4) is 0 Å². The second-order valence-electron chi connectivity index (χ2n) is 6.66. The molecule has 1 aromatic carbocycles. The lowest BCUT2D eigenvalue weighted by molar-refractivity contribution is 0.492. The van der Waals surface area contributed by atoms with Gasteiger partial charge in [0.25, 0.3) is 0 Å². The molecule has 0 unspecified atom stereocenters. The molecule has 1 aromatic rings. The Balaban J connectivity index is 1.98. The minimum Gasteiger partial charge on any atom is -0.342 e. The van der Waals surface area contributed by atoms with Gasteiger partial charge in [-0.05, 0) is 57.4 Å². The van der Waals surface area contributed by atoms with Crippen LogP contribution in [0.15, 0.2) is 27.1 Å². The van der Waals surface area contributed by atoms with E-state index >= 15 is 0 Å². The monoisotopic (exact) mass is 371 g/mol. The highest BCUT2D eigenvalue weighted by atomic mass is 79.9. The van der Waals surface area contributed by atoms with Crippen LogP contribution < -0.4 is 10.0 Å². The molecule has 0 radical (unpaired) electrons. The summed E-state index contributed by atoms with van der Waals surface area (Å²) < 4.78 is 31.9. The van der Waals surface area contributed by atoms with E-state index in [9.17, 15) is 8.42 Å². The molecule has 2 N–H and O–H groups in total. The second-order valence-corrected chi connectivity index (χ2v) is 8.92. The van der Waals surface area contributed by atoms with E-state index in [1.165, 1.54) is 0 Å². The molecule has 1 spiro atoms. The van der Waals surface area contributed by atoms with Crippen molar-refractivity contribution in [2.45, 2.75) is 44.6 Å². The normalized spacial score (nSPS) is 21.4. The lowest BCUT2D eigenvalue weighted by atomic mass is 9.98. The van der Waals surface area contributed by atoms with Crippen molar-refractivity contribution in [1.29, 1.82) is 0 Å². The maximum Gasteiger partial charge on any atom is 0.321 e. The number of nitrogens with one attached hydrogen (secondary N) is 2. The van der Waals surface area contributed by atoms with Gasteiger partial charge in [0, 0.05) is 15.7 Å². The molecule has 1 aliphatic heterocycles. The summed E-state index contributed by atoms with van der Waals surface area (Å²) in [5.41, 5.74) is 1.28. The molecule has 3 rings (SSSR count). The van der Waals surface area contributed by atoms with Gasteiger partial charge in [0.1, 0.15) is 5.84 Å². The zero-order valence-corrected chi connectivity index (χ0v) is 14.6. The van der Waals surface area contributed by atoms with E-state index in [0.717, 1.165) is 28.6 Å². The third-order valence-corrected chi connectivity index (χ3v) is 5.39. The van der Waals surface area contributed by atoms with Crippen molar-refractivity contribution in [3.63, 3.8) is 0 Å². The number of nitrogens with zero attached hydrogens (tertiary/aromatic N) is 1. The van der Waals surface area contributed by atoms with Crippen LogP contribution in [0.5, 0.6) is 0 Å². The van der Waals surface area contributed by atoms with E-state index in [2.05, 4.69) is 30.4 Å². The Hall–Kier alpha value is -0.920. The standard InChI is InChI=1S/C14H18BrN3O2S/c1-13(2,3)18-21(19,20)17-12-14(6-7-14)10-8-9(15)4-5-11(10)16-12/h4-5,8,18H,6-7H2,1-3H3,(H,16,17). The van der Waals surface area contributed by atoms with Crippen LogP contribution in [0, 0.1) is 0 Å². The molecule has 0 aromatic heterocycles. The lowest BCUT2D eigenvalue weighted by Crippen LogP contribution is -2.40. The van der Waals surface area contributed by atoms with Crippen LogP contribution in [0.25, 0.3) is 0 Å². The summed E-state index contributed by atoms with van der Waals surface area (Å²) >= 11 is 3.47. The summed E-state index contributed by atoms with van der Waals surface area (Å²) in [6.45, 7) is 5.39. The molecular weight excluding hydrogens is 354 g/mol. The topological polar surface area (TPSA) is 70.6 Å². The lowest BCUT2D eigenvalue weighted by Gasteiger charge is -2.18. The van der Waals surface area contributed by atoms with Crippen LogP contribution >= 0.6 is 15.9 Å². The van der Waals surface area contributed by atoms with E-state index in [1.807, 2.05) is 18.2 Å².